The number of benzene rings is 2. The fourth-order valence-corrected chi connectivity index (χ4v) is 1.96. The minimum Gasteiger partial charge on any atom is -0.507 e. The van der Waals surface area contributed by atoms with Crippen LogP contribution in [0.3, 0.4) is 0 Å². The summed E-state index contributed by atoms with van der Waals surface area (Å²) in [6.45, 7) is 0.176. The van der Waals surface area contributed by atoms with Crippen molar-refractivity contribution in [2.75, 3.05) is 6.61 Å². The first-order chi connectivity index (χ1) is 10.6. The maximum absolute atomic E-state index is 11.8. The van der Waals surface area contributed by atoms with Crippen LogP contribution in [-0.4, -0.2) is 22.6 Å². The van der Waals surface area contributed by atoms with Gasteiger partial charge in [-0.3, -0.25) is 10.1 Å². The Hall–Kier alpha value is -2.89. The van der Waals surface area contributed by atoms with Gasteiger partial charge in [-0.25, -0.2) is 4.79 Å². The predicted octanol–water partition coefficient (Wildman–Crippen LogP) is 3.09. The number of carbonyl (C=O) groups excluding carboxylic acids is 1. The summed E-state index contributed by atoms with van der Waals surface area (Å²) in [6.07, 6.45) is 1.39. The average Bonchev–Trinajstić information content (AvgIpc) is 2.52. The number of carbonyl (C=O) groups is 1. The molecule has 0 aliphatic rings. The molecule has 0 heterocycles. The Kier molecular flexibility index (Phi) is 5.08. The smallest absolute Gasteiger partial charge is 0.342 e. The van der Waals surface area contributed by atoms with E-state index < -0.39 is 10.9 Å². The van der Waals surface area contributed by atoms with E-state index in [1.807, 2.05) is 30.3 Å². The van der Waals surface area contributed by atoms with E-state index in [9.17, 15) is 20.0 Å². The van der Waals surface area contributed by atoms with Gasteiger partial charge in [0.2, 0.25) is 0 Å². The Morgan fingerprint density at radius 3 is 2.59 bits per heavy atom. The van der Waals surface area contributed by atoms with Gasteiger partial charge in [0.1, 0.15) is 11.3 Å². The number of hydrogen-bond donors (Lipinski definition) is 1. The van der Waals surface area contributed by atoms with Gasteiger partial charge in [0, 0.05) is 12.1 Å². The van der Waals surface area contributed by atoms with Crippen molar-refractivity contribution in [3.8, 4) is 5.75 Å². The Bertz CT molecular complexity index is 669. The summed E-state index contributed by atoms with van der Waals surface area (Å²) in [5, 5.41) is 20.3. The van der Waals surface area contributed by atoms with Gasteiger partial charge in [-0.1, -0.05) is 30.3 Å². The number of esters is 1. The van der Waals surface area contributed by atoms with Gasteiger partial charge in [-0.15, -0.1) is 0 Å². The molecule has 0 saturated carbocycles. The zero-order chi connectivity index (χ0) is 15.9. The highest BCUT2D eigenvalue weighted by Gasteiger charge is 2.17. The highest BCUT2D eigenvalue weighted by atomic mass is 16.6. The van der Waals surface area contributed by atoms with Crippen LogP contribution in [0.15, 0.2) is 48.5 Å². The van der Waals surface area contributed by atoms with Gasteiger partial charge in [0.05, 0.1) is 11.5 Å². The molecule has 1 N–H and O–H groups in total. The fourth-order valence-electron chi connectivity index (χ4n) is 1.96. The summed E-state index contributed by atoms with van der Waals surface area (Å²) >= 11 is 0. The quantitative estimate of drug-likeness (QED) is 0.383. The van der Waals surface area contributed by atoms with Crippen LogP contribution in [0.4, 0.5) is 5.69 Å². The Balaban J connectivity index is 1.89. The topological polar surface area (TPSA) is 89.7 Å². The van der Waals surface area contributed by atoms with Crippen LogP contribution in [0.25, 0.3) is 0 Å². The normalized spacial score (nSPS) is 10.2. The third-order valence-electron chi connectivity index (χ3n) is 3.10. The largest absolute Gasteiger partial charge is 0.507 e. The minimum atomic E-state index is -0.769. The maximum atomic E-state index is 11.8. The van der Waals surface area contributed by atoms with Gasteiger partial charge in [-0.05, 0) is 24.5 Å². The lowest BCUT2D eigenvalue weighted by molar-refractivity contribution is -0.384. The summed E-state index contributed by atoms with van der Waals surface area (Å²) in [5.74, 6) is -1.10. The van der Waals surface area contributed by atoms with Crippen molar-refractivity contribution >= 4 is 11.7 Å². The molecule has 0 aliphatic heterocycles. The zero-order valence-electron chi connectivity index (χ0n) is 11.8. The second-order valence-corrected chi connectivity index (χ2v) is 4.68. The lowest BCUT2D eigenvalue weighted by Crippen LogP contribution is -2.08. The standard InChI is InChI=1S/C16H15NO5/c18-15-9-8-13(17(20)21)11-14(15)16(19)22-10-4-7-12-5-2-1-3-6-12/h1-3,5-6,8-9,11,18H,4,7,10H2. The molecule has 2 aromatic rings. The molecule has 6 nitrogen and oxygen atoms in total. The molecule has 2 rings (SSSR count). The molecule has 0 radical (unpaired) electrons. The van der Waals surface area contributed by atoms with Crippen molar-refractivity contribution in [2.45, 2.75) is 12.8 Å². The Labute approximate surface area is 127 Å². The minimum absolute atomic E-state index is 0.176. The molecular weight excluding hydrogens is 286 g/mol. The zero-order valence-corrected chi connectivity index (χ0v) is 11.8. The van der Waals surface area contributed by atoms with Gasteiger partial charge in [0.25, 0.3) is 5.69 Å². The Morgan fingerprint density at radius 1 is 1.18 bits per heavy atom. The second-order valence-electron chi connectivity index (χ2n) is 4.68. The van der Waals surface area contributed by atoms with E-state index in [0.29, 0.717) is 6.42 Å². The van der Waals surface area contributed by atoms with E-state index in [2.05, 4.69) is 0 Å². The highest BCUT2D eigenvalue weighted by molar-refractivity contribution is 5.93. The summed E-state index contributed by atoms with van der Waals surface area (Å²) in [5.41, 5.74) is 0.666. The van der Waals surface area contributed by atoms with Crippen LogP contribution in [0, 0.1) is 10.1 Å². The first kappa shape index (κ1) is 15.5. The number of nitro groups is 1. The second kappa shape index (κ2) is 7.21. The van der Waals surface area contributed by atoms with Crippen molar-refractivity contribution in [3.05, 3.63) is 69.8 Å². The molecule has 6 heteroatoms. The van der Waals surface area contributed by atoms with Crippen molar-refractivity contribution in [1.29, 1.82) is 0 Å². The predicted molar refractivity (Wildman–Crippen MR) is 79.8 cm³/mol. The van der Waals surface area contributed by atoms with Crippen LogP contribution in [0.5, 0.6) is 5.75 Å². The number of aryl methyl sites for hydroxylation is 1. The number of ether oxygens (including phenoxy) is 1. The first-order valence-electron chi connectivity index (χ1n) is 6.76. The van der Waals surface area contributed by atoms with E-state index >= 15 is 0 Å². The molecule has 0 aromatic heterocycles. The van der Waals surface area contributed by atoms with E-state index in [4.69, 9.17) is 4.74 Å². The lowest BCUT2D eigenvalue weighted by Gasteiger charge is -2.06. The van der Waals surface area contributed by atoms with Gasteiger partial charge in [-0.2, -0.15) is 0 Å². The number of hydrogen-bond acceptors (Lipinski definition) is 5. The number of aromatic hydroxyl groups is 1. The Morgan fingerprint density at radius 2 is 1.91 bits per heavy atom. The summed E-state index contributed by atoms with van der Waals surface area (Å²) in [6, 6.07) is 13.0. The number of phenols is 1. The molecule has 0 amide bonds. The molecule has 0 saturated heterocycles. The molecule has 0 fully saturated rings. The molecule has 0 atom stereocenters. The third kappa shape index (κ3) is 4.05. The van der Waals surface area contributed by atoms with E-state index in [0.717, 1.165) is 30.2 Å². The summed E-state index contributed by atoms with van der Waals surface area (Å²) < 4.78 is 5.04. The van der Waals surface area contributed by atoms with Crippen molar-refractivity contribution in [3.63, 3.8) is 0 Å². The molecule has 0 spiro atoms. The average molecular weight is 301 g/mol. The number of phenolic OH excluding ortho intramolecular Hbond substituents is 1. The molecule has 114 valence electrons. The molecule has 0 unspecified atom stereocenters. The number of nitro benzene ring substituents is 1. The molecule has 0 aliphatic carbocycles. The van der Waals surface area contributed by atoms with Crippen LogP contribution >= 0.6 is 0 Å². The number of non-ortho nitro benzene ring substituents is 1. The van der Waals surface area contributed by atoms with Gasteiger partial charge >= 0.3 is 5.97 Å². The monoisotopic (exact) mass is 301 g/mol. The van der Waals surface area contributed by atoms with Crippen LogP contribution in [0.2, 0.25) is 0 Å². The van der Waals surface area contributed by atoms with E-state index in [-0.39, 0.29) is 23.6 Å². The summed E-state index contributed by atoms with van der Waals surface area (Å²) in [7, 11) is 0. The number of nitrogens with zero attached hydrogens (tertiary/aromatic N) is 1. The summed E-state index contributed by atoms with van der Waals surface area (Å²) in [4.78, 5) is 21.9. The van der Waals surface area contributed by atoms with Crippen LogP contribution in [0.1, 0.15) is 22.3 Å². The van der Waals surface area contributed by atoms with Crippen molar-refractivity contribution in [2.24, 2.45) is 0 Å². The molecular formula is C16H15NO5. The van der Waals surface area contributed by atoms with Gasteiger partial charge in [0.15, 0.2) is 0 Å². The van der Waals surface area contributed by atoms with Gasteiger partial charge < -0.3 is 9.84 Å². The fraction of sp³-hybridized carbons (Fsp3) is 0.188. The molecule has 22 heavy (non-hydrogen) atoms. The number of rotatable bonds is 6. The van der Waals surface area contributed by atoms with E-state index in [1.165, 1.54) is 0 Å². The maximum Gasteiger partial charge on any atom is 0.342 e. The van der Waals surface area contributed by atoms with Crippen molar-refractivity contribution < 1.29 is 19.6 Å². The SMILES string of the molecule is O=C(OCCCc1ccccc1)c1cc([N+](=O)[O-])ccc1O. The third-order valence-corrected chi connectivity index (χ3v) is 3.10. The first-order valence-corrected chi connectivity index (χ1v) is 6.76. The lowest BCUT2D eigenvalue weighted by atomic mass is 10.1. The van der Waals surface area contributed by atoms with Crippen LogP contribution < -0.4 is 0 Å². The van der Waals surface area contributed by atoms with E-state index in [1.54, 1.807) is 0 Å². The van der Waals surface area contributed by atoms with Crippen LogP contribution in [-0.2, 0) is 11.2 Å². The van der Waals surface area contributed by atoms with Crippen molar-refractivity contribution in [1.82, 2.24) is 0 Å². The molecule has 2 aromatic carbocycles. The molecule has 0 bridgehead atoms. The highest BCUT2D eigenvalue weighted by Crippen LogP contribution is 2.23.